The van der Waals surface area contributed by atoms with Crippen molar-refractivity contribution in [3.63, 3.8) is 0 Å². The molecule has 0 radical (unpaired) electrons. The molecule has 42 heavy (non-hydrogen) atoms. The summed E-state index contributed by atoms with van der Waals surface area (Å²) in [5, 5.41) is 3.60. The smallest absolute Gasteiger partial charge is 0.258 e. The second-order valence-corrected chi connectivity index (χ2v) is 11.0. The van der Waals surface area contributed by atoms with Crippen LogP contribution in [0.5, 0.6) is 23.0 Å². The lowest BCUT2D eigenvalue weighted by atomic mass is 10.1. The molecular weight excluding hydrogens is 557 g/mol. The van der Waals surface area contributed by atoms with Crippen molar-refractivity contribution in [2.45, 2.75) is 12.2 Å². The van der Waals surface area contributed by atoms with Crippen LogP contribution in [0.3, 0.4) is 0 Å². The van der Waals surface area contributed by atoms with Gasteiger partial charge in [0.1, 0.15) is 11.6 Å². The molecule has 0 aliphatic carbocycles. The first-order valence-corrected chi connectivity index (χ1v) is 14.6. The van der Waals surface area contributed by atoms with Gasteiger partial charge in [-0.1, -0.05) is 60.7 Å². The molecule has 0 bridgehead atoms. The summed E-state index contributed by atoms with van der Waals surface area (Å²) in [5.41, 5.74) is 2.36. The SMILES string of the molecule is COc1cc2nccc(Oc3ccc(N/C(Cc4ccccc4)=N\S(=O)(=O)Cc4ccccc4)cc3F)c2cc1OC. The van der Waals surface area contributed by atoms with Crippen molar-refractivity contribution in [1.29, 1.82) is 0 Å². The highest BCUT2D eigenvalue weighted by molar-refractivity contribution is 7.89. The summed E-state index contributed by atoms with van der Waals surface area (Å²) in [5.74, 6) is 0.583. The largest absolute Gasteiger partial charge is 0.493 e. The van der Waals surface area contributed by atoms with Gasteiger partial charge in [-0.2, -0.15) is 0 Å². The van der Waals surface area contributed by atoms with Gasteiger partial charge in [-0.05, 0) is 35.4 Å². The van der Waals surface area contributed by atoms with Crippen LogP contribution in [-0.4, -0.2) is 33.5 Å². The van der Waals surface area contributed by atoms with E-state index in [-0.39, 0.29) is 23.8 Å². The van der Waals surface area contributed by atoms with E-state index in [9.17, 15) is 8.42 Å². The zero-order valence-corrected chi connectivity index (χ0v) is 23.8. The Balaban J connectivity index is 1.41. The van der Waals surface area contributed by atoms with Gasteiger partial charge >= 0.3 is 0 Å². The van der Waals surface area contributed by atoms with Gasteiger partial charge in [0.25, 0.3) is 10.0 Å². The fraction of sp³-hybridized carbons (Fsp3) is 0.125. The fourth-order valence-electron chi connectivity index (χ4n) is 4.36. The Kier molecular flexibility index (Phi) is 8.63. The normalized spacial score (nSPS) is 11.7. The molecule has 0 spiro atoms. The van der Waals surface area contributed by atoms with Crippen LogP contribution in [-0.2, 0) is 22.2 Å². The summed E-state index contributed by atoms with van der Waals surface area (Å²) in [6.45, 7) is 0. The van der Waals surface area contributed by atoms with E-state index in [2.05, 4.69) is 14.7 Å². The van der Waals surface area contributed by atoms with Crippen LogP contribution < -0.4 is 19.5 Å². The van der Waals surface area contributed by atoms with Gasteiger partial charge in [0.15, 0.2) is 23.1 Å². The number of amidine groups is 1. The second kappa shape index (κ2) is 12.7. The molecule has 1 N–H and O–H groups in total. The Labute approximate surface area is 243 Å². The van der Waals surface area contributed by atoms with E-state index in [4.69, 9.17) is 14.2 Å². The highest BCUT2D eigenvalue weighted by Crippen LogP contribution is 2.37. The maximum atomic E-state index is 15.3. The number of nitrogens with one attached hydrogen (secondary N) is 1. The van der Waals surface area contributed by atoms with Gasteiger partial charge in [-0.25, -0.2) is 12.8 Å². The Morgan fingerprint density at radius 2 is 1.48 bits per heavy atom. The van der Waals surface area contributed by atoms with Crippen LogP contribution in [0.2, 0.25) is 0 Å². The minimum absolute atomic E-state index is 0.0268. The Morgan fingerprint density at radius 3 is 2.14 bits per heavy atom. The van der Waals surface area contributed by atoms with E-state index in [1.807, 2.05) is 36.4 Å². The van der Waals surface area contributed by atoms with Crippen LogP contribution in [0, 0.1) is 5.82 Å². The lowest BCUT2D eigenvalue weighted by Crippen LogP contribution is -2.18. The van der Waals surface area contributed by atoms with Crippen molar-refractivity contribution in [1.82, 2.24) is 4.98 Å². The average molecular weight is 586 g/mol. The maximum Gasteiger partial charge on any atom is 0.258 e. The number of methoxy groups -OCH3 is 2. The Morgan fingerprint density at radius 1 is 0.810 bits per heavy atom. The minimum atomic E-state index is -3.88. The molecule has 0 unspecified atom stereocenters. The van der Waals surface area contributed by atoms with Crippen LogP contribution in [0.25, 0.3) is 10.9 Å². The number of halogens is 1. The summed E-state index contributed by atoms with van der Waals surface area (Å²) < 4.78 is 62.0. The highest BCUT2D eigenvalue weighted by atomic mass is 32.2. The van der Waals surface area contributed by atoms with Crippen molar-refractivity contribution in [3.8, 4) is 23.0 Å². The van der Waals surface area contributed by atoms with Crippen LogP contribution in [0.4, 0.5) is 10.1 Å². The molecule has 0 fully saturated rings. The van der Waals surface area contributed by atoms with Crippen molar-refractivity contribution in [2.75, 3.05) is 19.5 Å². The number of hydrogen-bond acceptors (Lipinski definition) is 6. The molecule has 214 valence electrons. The summed E-state index contributed by atoms with van der Waals surface area (Å²) >= 11 is 0. The molecule has 0 aliphatic heterocycles. The van der Waals surface area contributed by atoms with Gasteiger partial charge in [0.05, 0.1) is 25.5 Å². The number of aromatic nitrogens is 1. The van der Waals surface area contributed by atoms with E-state index in [0.29, 0.717) is 39.4 Å². The lowest BCUT2D eigenvalue weighted by molar-refractivity contribution is 0.355. The average Bonchev–Trinajstić information content (AvgIpc) is 2.98. The molecule has 0 amide bonds. The third-order valence-electron chi connectivity index (χ3n) is 6.30. The molecule has 10 heteroatoms. The van der Waals surface area contributed by atoms with E-state index in [1.54, 1.807) is 54.7 Å². The third-order valence-corrected chi connectivity index (χ3v) is 7.50. The summed E-state index contributed by atoms with van der Waals surface area (Å²) in [6.07, 6.45) is 1.75. The molecule has 5 aromatic rings. The first-order valence-electron chi connectivity index (χ1n) is 13.0. The molecule has 1 heterocycles. The number of sulfonamides is 1. The van der Waals surface area contributed by atoms with Gasteiger partial charge in [-0.15, -0.1) is 4.40 Å². The number of benzene rings is 4. The first-order chi connectivity index (χ1) is 20.3. The lowest BCUT2D eigenvalue weighted by Gasteiger charge is -2.14. The topological polar surface area (TPSA) is 99.1 Å². The van der Waals surface area contributed by atoms with Crippen molar-refractivity contribution in [3.05, 3.63) is 120 Å². The molecule has 0 atom stereocenters. The van der Waals surface area contributed by atoms with Crippen molar-refractivity contribution < 1.29 is 27.0 Å². The van der Waals surface area contributed by atoms with E-state index >= 15 is 4.39 Å². The number of ether oxygens (including phenoxy) is 3. The van der Waals surface area contributed by atoms with E-state index in [1.165, 1.54) is 26.4 Å². The zero-order valence-electron chi connectivity index (χ0n) is 23.0. The van der Waals surface area contributed by atoms with Gasteiger partial charge < -0.3 is 19.5 Å². The molecule has 5 rings (SSSR count). The van der Waals surface area contributed by atoms with Crippen LogP contribution >= 0.6 is 0 Å². The van der Waals surface area contributed by atoms with Crippen molar-refractivity contribution in [2.24, 2.45) is 4.40 Å². The minimum Gasteiger partial charge on any atom is -0.493 e. The van der Waals surface area contributed by atoms with Gasteiger partial charge in [0, 0.05) is 35.8 Å². The molecule has 8 nitrogen and oxygen atoms in total. The van der Waals surface area contributed by atoms with E-state index < -0.39 is 15.8 Å². The number of rotatable bonds is 10. The fourth-order valence-corrected chi connectivity index (χ4v) is 5.48. The van der Waals surface area contributed by atoms with Gasteiger partial charge in [-0.3, -0.25) is 4.98 Å². The molecular formula is C32H28FN3O5S. The third kappa shape index (κ3) is 7.02. The number of anilines is 1. The summed E-state index contributed by atoms with van der Waals surface area (Å²) in [4.78, 5) is 4.34. The van der Waals surface area contributed by atoms with Gasteiger partial charge in [0.2, 0.25) is 0 Å². The van der Waals surface area contributed by atoms with E-state index in [0.717, 1.165) is 5.56 Å². The second-order valence-electron chi connectivity index (χ2n) is 9.32. The summed E-state index contributed by atoms with van der Waals surface area (Å²) in [7, 11) is -0.829. The van der Waals surface area contributed by atoms with Crippen LogP contribution in [0.1, 0.15) is 11.1 Å². The number of fused-ring (bicyclic) bond motifs is 1. The highest BCUT2D eigenvalue weighted by Gasteiger charge is 2.16. The Bertz CT molecular complexity index is 1830. The van der Waals surface area contributed by atoms with Crippen LogP contribution in [0.15, 0.2) is 108 Å². The molecule has 0 aliphatic rings. The number of nitrogens with zero attached hydrogens (tertiary/aromatic N) is 2. The zero-order chi connectivity index (χ0) is 29.5. The monoisotopic (exact) mass is 585 g/mol. The number of hydrogen-bond donors (Lipinski definition) is 1. The number of pyridine rings is 1. The molecule has 1 aromatic heterocycles. The molecule has 0 saturated carbocycles. The molecule has 0 saturated heterocycles. The predicted molar refractivity (Wildman–Crippen MR) is 162 cm³/mol. The van der Waals surface area contributed by atoms with Crippen molar-refractivity contribution >= 4 is 32.4 Å². The standard InChI is InChI=1S/C32H28FN3O5S/c1-39-30-19-25-27(20-31(30)40-2)34-16-15-28(25)41-29-14-13-24(18-26(29)33)35-32(17-22-9-5-3-6-10-22)36-42(37,38)21-23-11-7-4-8-12-23/h3-16,18-20H,17,21H2,1-2H3,(H,35,36). The molecule has 4 aromatic carbocycles. The predicted octanol–water partition coefficient (Wildman–Crippen LogP) is 6.77. The maximum absolute atomic E-state index is 15.3. The Hall–Kier alpha value is -4.96. The summed E-state index contributed by atoms with van der Waals surface area (Å²) in [6, 6.07) is 27.4. The first kappa shape index (κ1) is 28.6. The quantitative estimate of drug-likeness (QED) is 0.143.